The molecule has 4 atom stereocenters. The summed E-state index contributed by atoms with van der Waals surface area (Å²) < 4.78 is 8.71. The van der Waals surface area contributed by atoms with Crippen molar-refractivity contribution in [3.8, 4) is 0 Å². The number of ether oxygens (including phenoxy) is 1. The molecular weight excluding hydrogens is 505 g/mol. The molecule has 0 saturated carbocycles. The molecule has 0 unspecified atom stereocenters. The SMILES string of the molecule is O=c1ccn([C@@H]2O[C@H](CO)[C@@H](O)[C@H]2O)c(=O)[n]1[Hg][c]1ccccc1. The Morgan fingerprint density at radius 3 is 2.42 bits per heavy atom. The van der Waals surface area contributed by atoms with Gasteiger partial charge in [-0.1, -0.05) is 0 Å². The summed E-state index contributed by atoms with van der Waals surface area (Å²) in [7, 11) is 0. The molecule has 2 heterocycles. The van der Waals surface area contributed by atoms with Crippen LogP contribution in [0, 0.1) is 0 Å². The first-order chi connectivity index (χ1) is 11.5. The van der Waals surface area contributed by atoms with Gasteiger partial charge in [-0.3, -0.25) is 0 Å². The number of hydrogen-bond acceptors (Lipinski definition) is 6. The molecule has 1 aromatic heterocycles. The van der Waals surface area contributed by atoms with Gasteiger partial charge in [0.15, 0.2) is 0 Å². The molecule has 3 N–H and O–H groups in total. The summed E-state index contributed by atoms with van der Waals surface area (Å²) in [6.45, 7) is -0.479. The van der Waals surface area contributed by atoms with Gasteiger partial charge in [-0.05, 0) is 0 Å². The van der Waals surface area contributed by atoms with Crippen molar-refractivity contribution < 1.29 is 44.9 Å². The second kappa shape index (κ2) is 7.28. The Bertz CT molecular complexity index is 821. The van der Waals surface area contributed by atoms with E-state index in [-0.39, 0.29) is 5.56 Å². The van der Waals surface area contributed by atoms with Crippen molar-refractivity contribution >= 4 is 3.07 Å². The summed E-state index contributed by atoms with van der Waals surface area (Å²) in [6.07, 6.45) is -3.53. The third kappa shape index (κ3) is 3.24. The maximum atomic E-state index is 12.7. The number of aromatic nitrogens is 2. The van der Waals surface area contributed by atoms with Crippen LogP contribution in [0.1, 0.15) is 6.23 Å². The zero-order chi connectivity index (χ0) is 17.3. The number of rotatable bonds is 4. The molecule has 0 spiro atoms. The van der Waals surface area contributed by atoms with Crippen LogP contribution in [0.25, 0.3) is 0 Å². The van der Waals surface area contributed by atoms with Gasteiger partial charge in [0, 0.05) is 0 Å². The molecule has 1 aliphatic rings. The van der Waals surface area contributed by atoms with Crippen molar-refractivity contribution in [1.29, 1.82) is 0 Å². The van der Waals surface area contributed by atoms with Gasteiger partial charge in [-0.25, -0.2) is 0 Å². The standard InChI is InChI=1S/C9H12N2O6.C6H5.Hg/c12-3-4-6(14)7(15)8(17-4)11-2-1-5(13)10-9(11)16;1-2-4-6-5-3-1;/h1-2,4,6-8,12,14-15H,3H2,(H,10,13,16);1-5H;/q;;+1/p-1/t4-,6-,7-,8-;;/m1../s1. The molecule has 8 nitrogen and oxygen atoms in total. The molecule has 1 saturated heterocycles. The topological polar surface area (TPSA) is 114 Å². The first kappa shape index (κ1) is 17.5. The maximum absolute atomic E-state index is 12.7. The van der Waals surface area contributed by atoms with Gasteiger partial charge in [-0.15, -0.1) is 0 Å². The zero-order valence-electron chi connectivity index (χ0n) is 12.7. The molecule has 0 radical (unpaired) electrons. The van der Waals surface area contributed by atoms with E-state index in [0.29, 0.717) is 0 Å². The minimum absolute atomic E-state index is 0.381. The molecule has 24 heavy (non-hydrogen) atoms. The summed E-state index contributed by atoms with van der Waals surface area (Å²) in [6, 6.07) is 10.6. The van der Waals surface area contributed by atoms with Crippen LogP contribution in [0.2, 0.25) is 0 Å². The van der Waals surface area contributed by atoms with Gasteiger partial charge in [0.25, 0.3) is 0 Å². The van der Waals surface area contributed by atoms with E-state index in [4.69, 9.17) is 9.84 Å². The molecule has 124 valence electrons. The van der Waals surface area contributed by atoms with Crippen LogP contribution in [-0.2, 0) is 29.6 Å². The molecule has 2 aromatic rings. The van der Waals surface area contributed by atoms with Gasteiger partial charge < -0.3 is 0 Å². The van der Waals surface area contributed by atoms with Gasteiger partial charge in [0.2, 0.25) is 0 Å². The van der Waals surface area contributed by atoms with Gasteiger partial charge in [0.05, 0.1) is 0 Å². The van der Waals surface area contributed by atoms with Crippen molar-refractivity contribution in [2.75, 3.05) is 6.61 Å². The summed E-state index contributed by atoms with van der Waals surface area (Å²) in [4.78, 5) is 24.8. The monoisotopic (exact) mass is 522 g/mol. The molecule has 0 amide bonds. The van der Waals surface area contributed by atoms with Crippen molar-refractivity contribution in [2.45, 2.75) is 24.5 Å². The summed E-state index contributed by atoms with van der Waals surface area (Å²) >= 11 is -2.23. The molecule has 1 fully saturated rings. The van der Waals surface area contributed by atoms with Crippen LogP contribution in [0.3, 0.4) is 0 Å². The summed E-state index contributed by atoms with van der Waals surface area (Å²) in [5.41, 5.74) is -0.948. The van der Waals surface area contributed by atoms with Crippen molar-refractivity contribution in [2.24, 2.45) is 0 Å². The second-order valence-electron chi connectivity index (χ2n) is 5.64. The van der Waals surface area contributed by atoms with E-state index in [1.165, 1.54) is 14.6 Å². The molecule has 1 aliphatic heterocycles. The Morgan fingerprint density at radius 1 is 1.08 bits per heavy atom. The van der Waals surface area contributed by atoms with Crippen LogP contribution in [-0.4, -0.2) is 47.1 Å². The zero-order valence-corrected chi connectivity index (χ0v) is 18.2. The van der Waals surface area contributed by atoms with Crippen LogP contribution in [0.4, 0.5) is 0 Å². The Hall–Kier alpha value is -1.32. The van der Waals surface area contributed by atoms with E-state index >= 15 is 0 Å². The number of hydrogen-bond donors (Lipinski definition) is 3. The normalized spacial score (nSPS) is 26.3. The number of nitrogens with zero attached hydrogens (tertiary/aromatic N) is 2. The van der Waals surface area contributed by atoms with Crippen LogP contribution in [0.15, 0.2) is 52.2 Å². The Morgan fingerprint density at radius 2 is 1.79 bits per heavy atom. The third-order valence-corrected chi connectivity index (χ3v) is 10.8. The van der Waals surface area contributed by atoms with E-state index in [1.54, 1.807) is 0 Å². The van der Waals surface area contributed by atoms with Crippen LogP contribution in [0.5, 0.6) is 0 Å². The van der Waals surface area contributed by atoms with E-state index in [1.807, 2.05) is 30.3 Å². The number of aliphatic hydroxyl groups excluding tert-OH is 3. The van der Waals surface area contributed by atoms with Crippen molar-refractivity contribution in [3.05, 3.63) is 63.4 Å². The Labute approximate surface area is 149 Å². The first-order valence-corrected chi connectivity index (χ1v) is 12.7. The number of aliphatic hydroxyl groups is 3. The molecular formula is C15H16HgN2O6. The fraction of sp³-hybridized carbons (Fsp3) is 0.333. The average Bonchev–Trinajstić information content (AvgIpc) is 2.88. The Balaban J connectivity index is 1.98. The quantitative estimate of drug-likeness (QED) is 0.394. The Kier molecular flexibility index (Phi) is 5.31. The predicted octanol–water partition coefficient (Wildman–Crippen LogP) is -2.21. The number of benzene rings is 1. The van der Waals surface area contributed by atoms with Gasteiger partial charge in [-0.2, -0.15) is 0 Å². The van der Waals surface area contributed by atoms with Gasteiger partial charge >= 0.3 is 149 Å². The van der Waals surface area contributed by atoms with Gasteiger partial charge in [0.1, 0.15) is 0 Å². The average molecular weight is 521 g/mol. The molecule has 3 rings (SSSR count). The van der Waals surface area contributed by atoms with E-state index < -0.39 is 61.7 Å². The van der Waals surface area contributed by atoms with Crippen LogP contribution < -0.4 is 14.3 Å². The first-order valence-electron chi connectivity index (χ1n) is 7.51. The van der Waals surface area contributed by atoms with E-state index in [2.05, 4.69) is 0 Å². The minimum atomic E-state index is -2.23. The molecule has 0 bridgehead atoms. The third-order valence-electron chi connectivity index (χ3n) is 4.07. The van der Waals surface area contributed by atoms with Crippen molar-refractivity contribution in [3.63, 3.8) is 0 Å². The molecule has 9 heteroatoms. The molecule has 1 aromatic carbocycles. The second-order valence-corrected chi connectivity index (χ2v) is 12.5. The van der Waals surface area contributed by atoms with E-state index in [0.717, 1.165) is 7.64 Å². The molecule has 0 aliphatic carbocycles. The summed E-state index contributed by atoms with van der Waals surface area (Å²) in [5, 5.41) is 29.1. The van der Waals surface area contributed by atoms with Crippen LogP contribution >= 0.6 is 0 Å². The fourth-order valence-electron chi connectivity index (χ4n) is 2.75. The van der Waals surface area contributed by atoms with Crippen molar-refractivity contribution in [1.82, 2.24) is 6.90 Å². The fourth-order valence-corrected chi connectivity index (χ4v) is 8.22. The summed E-state index contributed by atoms with van der Waals surface area (Å²) in [5.74, 6) is 0. The predicted molar refractivity (Wildman–Crippen MR) is 79.4 cm³/mol. The van der Waals surface area contributed by atoms with E-state index in [9.17, 15) is 19.8 Å².